The zero-order valence-corrected chi connectivity index (χ0v) is 8.85. The van der Waals surface area contributed by atoms with Gasteiger partial charge in [-0.05, 0) is 38.1 Å². The van der Waals surface area contributed by atoms with Crippen molar-refractivity contribution in [2.75, 3.05) is 13.1 Å². The summed E-state index contributed by atoms with van der Waals surface area (Å²) in [7, 11) is 0. The second kappa shape index (κ2) is 6.05. The van der Waals surface area contributed by atoms with Gasteiger partial charge in [0.2, 0.25) is 0 Å². The van der Waals surface area contributed by atoms with E-state index >= 15 is 0 Å². The molecule has 1 aliphatic rings. The molecule has 1 unspecified atom stereocenters. The van der Waals surface area contributed by atoms with Gasteiger partial charge in [-0.2, -0.15) is 0 Å². The van der Waals surface area contributed by atoms with Crippen LogP contribution < -0.4 is 11.1 Å². The number of carboxylic acids is 1. The van der Waals surface area contributed by atoms with E-state index in [2.05, 4.69) is 5.32 Å². The maximum atomic E-state index is 10.4. The van der Waals surface area contributed by atoms with E-state index in [1.165, 1.54) is 0 Å². The lowest BCUT2D eigenvalue weighted by Gasteiger charge is -2.25. The van der Waals surface area contributed by atoms with Crippen LogP contribution in [0.15, 0.2) is 0 Å². The monoisotopic (exact) mass is 216 g/mol. The first-order valence-corrected chi connectivity index (χ1v) is 5.46. The van der Waals surface area contributed by atoms with Gasteiger partial charge in [0.25, 0.3) is 0 Å². The smallest absolute Gasteiger partial charge is 0.321 e. The number of aliphatic carboxylic acids is 1. The highest BCUT2D eigenvalue weighted by Crippen LogP contribution is 2.23. The number of nitrogens with two attached hydrogens (primary N) is 1. The number of carbonyl (C=O) groups is 1. The Morgan fingerprint density at radius 2 is 2.00 bits per heavy atom. The van der Waals surface area contributed by atoms with Gasteiger partial charge in [-0.15, -0.1) is 0 Å². The summed E-state index contributed by atoms with van der Waals surface area (Å²) in [6, 6.07) is -0.820. The van der Waals surface area contributed by atoms with Crippen LogP contribution in [0.5, 0.6) is 0 Å². The highest BCUT2D eigenvalue weighted by molar-refractivity contribution is 5.73. The molecule has 0 aromatic heterocycles. The molecule has 1 atom stereocenters. The molecule has 1 saturated carbocycles. The van der Waals surface area contributed by atoms with Gasteiger partial charge in [0, 0.05) is 6.54 Å². The minimum Gasteiger partial charge on any atom is -0.480 e. The maximum Gasteiger partial charge on any atom is 0.321 e. The molecule has 88 valence electrons. The Labute approximate surface area is 89.7 Å². The molecular weight excluding hydrogens is 196 g/mol. The summed E-state index contributed by atoms with van der Waals surface area (Å²) in [4.78, 5) is 10.4. The van der Waals surface area contributed by atoms with Crippen LogP contribution in [0.3, 0.4) is 0 Å². The van der Waals surface area contributed by atoms with Crippen molar-refractivity contribution in [3.05, 3.63) is 0 Å². The molecule has 0 radical (unpaired) electrons. The van der Waals surface area contributed by atoms with Crippen molar-refractivity contribution in [1.82, 2.24) is 5.32 Å². The summed E-state index contributed by atoms with van der Waals surface area (Å²) >= 11 is 0. The van der Waals surface area contributed by atoms with Crippen LogP contribution in [0, 0.1) is 5.92 Å². The largest absolute Gasteiger partial charge is 0.480 e. The molecule has 5 N–H and O–H groups in total. The first-order chi connectivity index (χ1) is 7.09. The standard InChI is InChI=1S/C10H20N2O3/c11-9(10(14)15)6-12-5-7-1-3-8(13)4-2-7/h7-9,12-13H,1-6,11H2,(H,14,15). The summed E-state index contributed by atoms with van der Waals surface area (Å²) in [5, 5.41) is 20.9. The summed E-state index contributed by atoms with van der Waals surface area (Å²) < 4.78 is 0. The summed E-state index contributed by atoms with van der Waals surface area (Å²) in [6.07, 6.45) is 3.60. The lowest BCUT2D eigenvalue weighted by molar-refractivity contribution is -0.138. The molecule has 0 aromatic carbocycles. The van der Waals surface area contributed by atoms with Gasteiger partial charge >= 0.3 is 5.97 Å². The molecule has 0 saturated heterocycles. The first kappa shape index (κ1) is 12.4. The van der Waals surface area contributed by atoms with E-state index < -0.39 is 12.0 Å². The van der Waals surface area contributed by atoms with Crippen LogP contribution in [-0.4, -0.2) is 41.4 Å². The number of hydrogen-bond donors (Lipinski definition) is 4. The fourth-order valence-corrected chi connectivity index (χ4v) is 1.88. The summed E-state index contributed by atoms with van der Waals surface area (Å²) in [5.74, 6) is -0.420. The van der Waals surface area contributed by atoms with Crippen molar-refractivity contribution in [2.45, 2.75) is 37.8 Å². The van der Waals surface area contributed by atoms with Crippen LogP contribution in [0.1, 0.15) is 25.7 Å². The van der Waals surface area contributed by atoms with Crippen molar-refractivity contribution in [1.29, 1.82) is 0 Å². The predicted molar refractivity (Wildman–Crippen MR) is 56.4 cm³/mol. The molecular formula is C10H20N2O3. The quantitative estimate of drug-likeness (QED) is 0.499. The molecule has 0 spiro atoms. The number of carboxylic acid groups (broad SMARTS) is 1. The zero-order valence-electron chi connectivity index (χ0n) is 8.85. The number of aliphatic hydroxyl groups is 1. The number of aliphatic hydroxyl groups excluding tert-OH is 1. The molecule has 0 aromatic rings. The van der Waals surface area contributed by atoms with Crippen LogP contribution >= 0.6 is 0 Å². The third kappa shape index (κ3) is 4.59. The second-order valence-corrected chi connectivity index (χ2v) is 4.28. The number of rotatable bonds is 5. The van der Waals surface area contributed by atoms with Gasteiger partial charge in [0.15, 0.2) is 0 Å². The van der Waals surface area contributed by atoms with Crippen LogP contribution in [-0.2, 0) is 4.79 Å². The van der Waals surface area contributed by atoms with E-state index in [0.717, 1.165) is 32.2 Å². The lowest BCUT2D eigenvalue weighted by Crippen LogP contribution is -2.42. The molecule has 1 aliphatic carbocycles. The average molecular weight is 216 g/mol. The first-order valence-electron chi connectivity index (χ1n) is 5.46. The number of hydrogen-bond acceptors (Lipinski definition) is 4. The summed E-state index contributed by atoms with van der Waals surface area (Å²) in [5.41, 5.74) is 5.35. The molecule has 5 nitrogen and oxygen atoms in total. The average Bonchev–Trinajstić information content (AvgIpc) is 2.20. The van der Waals surface area contributed by atoms with E-state index in [-0.39, 0.29) is 6.10 Å². The van der Waals surface area contributed by atoms with Crippen molar-refractivity contribution in [3.8, 4) is 0 Å². The SMILES string of the molecule is NC(CNCC1CCC(O)CC1)C(=O)O. The van der Waals surface area contributed by atoms with E-state index in [9.17, 15) is 9.90 Å². The van der Waals surface area contributed by atoms with Crippen molar-refractivity contribution >= 4 is 5.97 Å². The Morgan fingerprint density at radius 3 is 2.53 bits per heavy atom. The van der Waals surface area contributed by atoms with E-state index in [0.29, 0.717) is 12.5 Å². The predicted octanol–water partition coefficient (Wildman–Crippen LogP) is -0.461. The fourth-order valence-electron chi connectivity index (χ4n) is 1.88. The third-order valence-corrected chi connectivity index (χ3v) is 2.93. The fraction of sp³-hybridized carbons (Fsp3) is 0.900. The second-order valence-electron chi connectivity index (χ2n) is 4.28. The van der Waals surface area contributed by atoms with Crippen molar-refractivity contribution in [2.24, 2.45) is 11.7 Å². The Hall–Kier alpha value is -0.650. The third-order valence-electron chi connectivity index (χ3n) is 2.93. The molecule has 0 heterocycles. The maximum absolute atomic E-state index is 10.4. The minimum absolute atomic E-state index is 0.137. The van der Waals surface area contributed by atoms with Gasteiger partial charge in [-0.3, -0.25) is 4.79 Å². The highest BCUT2D eigenvalue weighted by atomic mass is 16.4. The topological polar surface area (TPSA) is 95.6 Å². The molecule has 15 heavy (non-hydrogen) atoms. The highest BCUT2D eigenvalue weighted by Gasteiger charge is 2.19. The lowest BCUT2D eigenvalue weighted by atomic mass is 9.87. The van der Waals surface area contributed by atoms with Gasteiger partial charge < -0.3 is 21.3 Å². The Kier molecular flexibility index (Phi) is 5.01. The Balaban J connectivity index is 2.07. The number of nitrogens with one attached hydrogen (secondary N) is 1. The molecule has 1 rings (SSSR count). The van der Waals surface area contributed by atoms with Crippen LogP contribution in [0.2, 0.25) is 0 Å². The van der Waals surface area contributed by atoms with Crippen LogP contribution in [0.4, 0.5) is 0 Å². The summed E-state index contributed by atoms with van der Waals surface area (Å²) in [6.45, 7) is 1.11. The van der Waals surface area contributed by atoms with E-state index in [4.69, 9.17) is 10.8 Å². The van der Waals surface area contributed by atoms with Gasteiger partial charge in [0.1, 0.15) is 6.04 Å². The Bertz CT molecular complexity index is 203. The molecule has 0 bridgehead atoms. The van der Waals surface area contributed by atoms with Crippen molar-refractivity contribution < 1.29 is 15.0 Å². The molecule has 0 amide bonds. The molecule has 5 heteroatoms. The normalized spacial score (nSPS) is 28.7. The molecule has 0 aliphatic heterocycles. The van der Waals surface area contributed by atoms with Gasteiger partial charge in [-0.25, -0.2) is 0 Å². The zero-order chi connectivity index (χ0) is 11.3. The van der Waals surface area contributed by atoms with Gasteiger partial charge in [0.05, 0.1) is 6.10 Å². The van der Waals surface area contributed by atoms with Crippen molar-refractivity contribution in [3.63, 3.8) is 0 Å². The van der Waals surface area contributed by atoms with Crippen LogP contribution in [0.25, 0.3) is 0 Å². The minimum atomic E-state index is -0.971. The Morgan fingerprint density at radius 1 is 1.40 bits per heavy atom. The molecule has 1 fully saturated rings. The van der Waals surface area contributed by atoms with E-state index in [1.54, 1.807) is 0 Å². The van der Waals surface area contributed by atoms with Gasteiger partial charge in [-0.1, -0.05) is 0 Å². The van der Waals surface area contributed by atoms with E-state index in [1.807, 2.05) is 0 Å².